The third-order valence-corrected chi connectivity index (χ3v) is 4.44. The Kier molecular flexibility index (Phi) is 4.80. The van der Waals surface area contributed by atoms with Gasteiger partial charge in [-0.1, -0.05) is 41.2 Å². The molecular formula is C16H20N4OS. The van der Waals surface area contributed by atoms with Crippen LogP contribution in [0.5, 0.6) is 0 Å². The van der Waals surface area contributed by atoms with Crippen molar-refractivity contribution in [2.24, 2.45) is 5.92 Å². The van der Waals surface area contributed by atoms with Gasteiger partial charge in [0.1, 0.15) is 5.01 Å². The van der Waals surface area contributed by atoms with Crippen LogP contribution in [-0.4, -0.2) is 29.2 Å². The van der Waals surface area contributed by atoms with Crippen LogP contribution in [0.15, 0.2) is 24.3 Å². The Balaban J connectivity index is 1.47. The number of nitrogens with zero attached hydrogens (tertiary/aromatic N) is 2. The van der Waals surface area contributed by atoms with E-state index in [9.17, 15) is 4.79 Å². The summed E-state index contributed by atoms with van der Waals surface area (Å²) in [7, 11) is 0. The summed E-state index contributed by atoms with van der Waals surface area (Å²) in [5.41, 5.74) is 2.44. The zero-order valence-electron chi connectivity index (χ0n) is 12.6. The maximum absolute atomic E-state index is 11.8. The molecule has 1 aliphatic rings. The molecule has 0 aliphatic heterocycles. The van der Waals surface area contributed by atoms with Gasteiger partial charge in [0.2, 0.25) is 11.0 Å². The predicted octanol–water partition coefficient (Wildman–Crippen LogP) is 2.38. The van der Waals surface area contributed by atoms with Crippen molar-refractivity contribution in [3.63, 3.8) is 0 Å². The van der Waals surface area contributed by atoms with Crippen LogP contribution in [0.4, 0.5) is 5.13 Å². The number of hydrogen-bond acceptors (Lipinski definition) is 5. The summed E-state index contributed by atoms with van der Waals surface area (Å²) in [5, 5.41) is 15.6. The SMILES string of the molecule is Cc1ccc(Cc2nnc(NC(=O)CNCC3CC3)s2)cc1. The van der Waals surface area contributed by atoms with Gasteiger partial charge in [-0.3, -0.25) is 10.1 Å². The van der Waals surface area contributed by atoms with Crippen molar-refractivity contribution < 1.29 is 4.79 Å². The largest absolute Gasteiger partial charge is 0.308 e. The Bertz CT molecular complexity index is 634. The standard InChI is InChI=1S/C16H20N4OS/c1-11-2-4-12(5-3-11)8-15-19-20-16(22-15)18-14(21)10-17-9-13-6-7-13/h2-5,13,17H,6-10H2,1H3,(H,18,20,21). The lowest BCUT2D eigenvalue weighted by molar-refractivity contribution is -0.115. The van der Waals surface area contributed by atoms with E-state index in [1.54, 1.807) is 0 Å². The van der Waals surface area contributed by atoms with Gasteiger partial charge >= 0.3 is 0 Å². The number of hydrogen-bond donors (Lipinski definition) is 2. The first-order valence-electron chi connectivity index (χ1n) is 7.57. The van der Waals surface area contributed by atoms with Crippen molar-refractivity contribution in [2.45, 2.75) is 26.2 Å². The molecule has 116 valence electrons. The Morgan fingerprint density at radius 1 is 1.27 bits per heavy atom. The number of rotatable bonds is 7. The molecule has 1 aliphatic carbocycles. The molecule has 0 spiro atoms. The number of carbonyl (C=O) groups excluding carboxylic acids is 1. The van der Waals surface area contributed by atoms with Crippen LogP contribution >= 0.6 is 11.3 Å². The van der Waals surface area contributed by atoms with Crippen LogP contribution in [0.25, 0.3) is 0 Å². The highest BCUT2D eigenvalue weighted by atomic mass is 32.1. The number of aryl methyl sites for hydroxylation is 1. The van der Waals surface area contributed by atoms with Crippen LogP contribution < -0.4 is 10.6 Å². The number of carbonyl (C=O) groups is 1. The van der Waals surface area contributed by atoms with Crippen LogP contribution in [0.3, 0.4) is 0 Å². The summed E-state index contributed by atoms with van der Waals surface area (Å²) in [5.74, 6) is 0.717. The second-order valence-corrected chi connectivity index (χ2v) is 6.85. The van der Waals surface area contributed by atoms with Crippen LogP contribution in [0.1, 0.15) is 29.0 Å². The zero-order valence-corrected chi connectivity index (χ0v) is 13.4. The van der Waals surface area contributed by atoms with Crippen molar-refractivity contribution in [1.82, 2.24) is 15.5 Å². The fourth-order valence-corrected chi connectivity index (χ4v) is 2.92. The van der Waals surface area contributed by atoms with Crippen molar-refractivity contribution >= 4 is 22.4 Å². The lowest BCUT2D eigenvalue weighted by Crippen LogP contribution is -2.29. The summed E-state index contributed by atoms with van der Waals surface area (Å²) in [4.78, 5) is 11.8. The average molecular weight is 316 g/mol. The van der Waals surface area contributed by atoms with Gasteiger partial charge in [0.25, 0.3) is 0 Å². The van der Waals surface area contributed by atoms with Crippen molar-refractivity contribution in [3.05, 3.63) is 40.4 Å². The number of aromatic nitrogens is 2. The molecule has 2 N–H and O–H groups in total. The summed E-state index contributed by atoms with van der Waals surface area (Å²) in [6, 6.07) is 8.36. The normalized spacial score (nSPS) is 14.0. The molecule has 0 atom stereocenters. The van der Waals surface area contributed by atoms with E-state index >= 15 is 0 Å². The molecule has 0 unspecified atom stereocenters. The Labute approximate surface area is 134 Å². The lowest BCUT2D eigenvalue weighted by atomic mass is 10.1. The van der Waals surface area contributed by atoms with Crippen molar-refractivity contribution in [2.75, 3.05) is 18.4 Å². The fraction of sp³-hybridized carbons (Fsp3) is 0.438. The predicted molar refractivity (Wildman–Crippen MR) is 88.1 cm³/mol. The first kappa shape index (κ1) is 15.1. The molecule has 6 heteroatoms. The Hall–Kier alpha value is -1.79. The maximum atomic E-state index is 11.8. The molecule has 1 aromatic carbocycles. The number of benzene rings is 1. The smallest absolute Gasteiger partial charge is 0.240 e. The average Bonchev–Trinajstić information content (AvgIpc) is 3.22. The highest BCUT2D eigenvalue weighted by molar-refractivity contribution is 7.15. The molecule has 1 fully saturated rings. The van der Waals surface area contributed by atoms with Gasteiger partial charge in [-0.15, -0.1) is 10.2 Å². The van der Waals surface area contributed by atoms with Crippen LogP contribution in [0.2, 0.25) is 0 Å². The Morgan fingerprint density at radius 2 is 2.05 bits per heavy atom. The second-order valence-electron chi connectivity index (χ2n) is 5.79. The van der Waals surface area contributed by atoms with Gasteiger partial charge in [0.15, 0.2) is 0 Å². The zero-order chi connectivity index (χ0) is 15.4. The maximum Gasteiger partial charge on any atom is 0.240 e. The third kappa shape index (κ3) is 4.61. The highest BCUT2D eigenvalue weighted by Gasteiger charge is 2.20. The molecule has 22 heavy (non-hydrogen) atoms. The molecule has 3 rings (SSSR count). The molecule has 1 amide bonds. The van der Waals surface area contributed by atoms with Crippen LogP contribution in [0, 0.1) is 12.8 Å². The fourth-order valence-electron chi connectivity index (χ4n) is 2.13. The summed E-state index contributed by atoms with van der Waals surface area (Å²) >= 11 is 1.43. The molecule has 5 nitrogen and oxygen atoms in total. The van der Waals surface area contributed by atoms with Crippen molar-refractivity contribution in [3.8, 4) is 0 Å². The minimum Gasteiger partial charge on any atom is -0.308 e. The van der Waals surface area contributed by atoms with Gasteiger partial charge < -0.3 is 5.32 Å². The van der Waals surface area contributed by atoms with Crippen LogP contribution in [-0.2, 0) is 11.2 Å². The molecule has 0 bridgehead atoms. The van der Waals surface area contributed by atoms with E-state index in [-0.39, 0.29) is 5.91 Å². The monoisotopic (exact) mass is 316 g/mol. The molecule has 0 radical (unpaired) electrons. The first-order chi connectivity index (χ1) is 10.7. The van der Waals surface area contributed by atoms with E-state index in [1.807, 2.05) is 0 Å². The van der Waals surface area contributed by atoms with Gasteiger partial charge in [0.05, 0.1) is 6.54 Å². The van der Waals surface area contributed by atoms with Gasteiger partial charge in [-0.2, -0.15) is 0 Å². The molecule has 1 saturated carbocycles. The van der Waals surface area contributed by atoms with Gasteiger partial charge in [-0.05, 0) is 37.8 Å². The van der Waals surface area contributed by atoms with E-state index < -0.39 is 0 Å². The third-order valence-electron chi connectivity index (χ3n) is 3.60. The number of anilines is 1. The minimum absolute atomic E-state index is 0.0568. The summed E-state index contributed by atoms with van der Waals surface area (Å²) < 4.78 is 0. The second kappa shape index (κ2) is 6.98. The highest BCUT2D eigenvalue weighted by Crippen LogP contribution is 2.27. The molecule has 1 aromatic heterocycles. The molecule has 1 heterocycles. The van der Waals surface area contributed by atoms with E-state index in [4.69, 9.17) is 0 Å². The minimum atomic E-state index is -0.0568. The molecule has 2 aromatic rings. The van der Waals surface area contributed by atoms with E-state index in [1.165, 1.54) is 35.3 Å². The topological polar surface area (TPSA) is 66.9 Å². The quantitative estimate of drug-likeness (QED) is 0.823. The summed E-state index contributed by atoms with van der Waals surface area (Å²) in [6.07, 6.45) is 3.31. The van der Waals surface area contributed by atoms with E-state index in [0.717, 1.165) is 23.9 Å². The first-order valence-corrected chi connectivity index (χ1v) is 8.39. The number of nitrogens with one attached hydrogen (secondary N) is 2. The Morgan fingerprint density at radius 3 is 2.77 bits per heavy atom. The molecular weight excluding hydrogens is 296 g/mol. The van der Waals surface area contributed by atoms with E-state index in [2.05, 4.69) is 52.0 Å². The number of amides is 1. The van der Waals surface area contributed by atoms with E-state index in [0.29, 0.717) is 11.7 Å². The molecule has 0 saturated heterocycles. The van der Waals surface area contributed by atoms with Gasteiger partial charge in [-0.25, -0.2) is 0 Å². The van der Waals surface area contributed by atoms with Crippen molar-refractivity contribution in [1.29, 1.82) is 0 Å². The lowest BCUT2D eigenvalue weighted by Gasteiger charge is -2.02. The van der Waals surface area contributed by atoms with Gasteiger partial charge in [0, 0.05) is 6.42 Å². The summed E-state index contributed by atoms with van der Waals surface area (Å²) in [6.45, 7) is 3.34.